The van der Waals surface area contributed by atoms with Crippen molar-refractivity contribution in [1.82, 2.24) is 24.8 Å². The van der Waals surface area contributed by atoms with Gasteiger partial charge in [-0.05, 0) is 70.0 Å². The maximum atomic E-state index is 11.9. The second-order valence-electron chi connectivity index (χ2n) is 11.5. The van der Waals surface area contributed by atoms with Gasteiger partial charge in [-0.25, -0.2) is 9.97 Å². The summed E-state index contributed by atoms with van der Waals surface area (Å²) in [6.45, 7) is 17.6. The molecule has 0 spiro atoms. The quantitative estimate of drug-likeness (QED) is 0.360. The molecular weight excluding hydrogens is 570 g/mol. The summed E-state index contributed by atoms with van der Waals surface area (Å²) in [4.78, 5) is 28.7. The van der Waals surface area contributed by atoms with Crippen molar-refractivity contribution < 1.29 is 56.2 Å². The van der Waals surface area contributed by atoms with Crippen molar-refractivity contribution in [3.8, 4) is 0 Å². The molecule has 10 heteroatoms. The van der Waals surface area contributed by atoms with E-state index in [1.165, 1.54) is 12.8 Å². The second-order valence-corrected chi connectivity index (χ2v) is 11.9. The summed E-state index contributed by atoms with van der Waals surface area (Å²) in [5, 5.41) is 6.99. The van der Waals surface area contributed by atoms with E-state index in [-0.39, 0.29) is 51.4 Å². The van der Waals surface area contributed by atoms with Gasteiger partial charge in [-0.3, -0.25) is 9.78 Å². The predicted molar refractivity (Wildman–Crippen MR) is 174 cm³/mol. The zero-order valence-electron chi connectivity index (χ0n) is 27.3. The summed E-state index contributed by atoms with van der Waals surface area (Å²) in [6, 6.07) is 6.99. The van der Waals surface area contributed by atoms with Crippen LogP contribution in [0.25, 0.3) is 0 Å². The van der Waals surface area contributed by atoms with Gasteiger partial charge in [0.2, 0.25) is 5.91 Å². The Labute approximate surface area is 303 Å². The number of nitrogens with one attached hydrogen (secondary N) is 2. The number of rotatable bonds is 7. The molecule has 0 atom stereocenters. The van der Waals surface area contributed by atoms with Crippen molar-refractivity contribution in [1.29, 1.82) is 0 Å². The molecule has 5 rings (SSSR count). The third kappa shape index (κ3) is 16.4. The predicted octanol–water partition coefficient (Wildman–Crippen LogP) is 2.80. The van der Waals surface area contributed by atoms with Gasteiger partial charge in [-0.2, -0.15) is 5.75 Å². The van der Waals surface area contributed by atoms with E-state index in [0.717, 1.165) is 87.3 Å². The first kappa shape index (κ1) is 39.3. The molecule has 0 unspecified atom stereocenters. The second kappa shape index (κ2) is 22.7. The van der Waals surface area contributed by atoms with Crippen molar-refractivity contribution >= 4 is 30.0 Å². The third-order valence-electron chi connectivity index (χ3n) is 6.94. The van der Waals surface area contributed by atoms with Gasteiger partial charge in [0.1, 0.15) is 12.1 Å². The summed E-state index contributed by atoms with van der Waals surface area (Å²) in [6.07, 6.45) is 11.8. The first-order chi connectivity index (χ1) is 19.8. The monoisotopic (exact) mass is 623 g/mol. The number of hydrogen-bond donors (Lipinski definition) is 2. The van der Waals surface area contributed by atoms with Gasteiger partial charge in [-0.15, -0.1) is 0 Å². The third-order valence-corrected chi connectivity index (χ3v) is 7.12. The standard InChI is InChI=1S/C14H19N3O.C12H20N4S.C4H10.C2H6.K/c18-14(11-1-2-11)17-9-5-13(6-10-17)16-12-3-7-15-8-4-12;1-10-8-12(14-9-13-10)15-11-2-4-16(5-3-11)6-7-17;1-4(2)3;1-2;/h3-4,7-8,11,13H,1-2,5-6,9-10H2,(H,15,16);8-9,11,17H,2-7H2,1H3,(H,13,14,15);4H,1-3H3;1-2H3;/q;;;;+1/p-1. The largest absolute Gasteiger partial charge is 1.00 e. The molecule has 3 fully saturated rings. The Kier molecular flexibility index (Phi) is 21.2. The van der Waals surface area contributed by atoms with Crippen LogP contribution in [0.1, 0.15) is 78.8 Å². The van der Waals surface area contributed by atoms with Crippen molar-refractivity contribution in [2.75, 3.05) is 49.1 Å². The minimum Gasteiger partial charge on any atom is -0.791 e. The van der Waals surface area contributed by atoms with Gasteiger partial charge < -0.3 is 33.1 Å². The molecule has 42 heavy (non-hydrogen) atoms. The van der Waals surface area contributed by atoms with Crippen LogP contribution in [0.4, 0.5) is 11.5 Å². The van der Waals surface area contributed by atoms with Crippen LogP contribution < -0.4 is 62.0 Å². The average molecular weight is 624 g/mol. The van der Waals surface area contributed by atoms with E-state index >= 15 is 0 Å². The summed E-state index contributed by atoms with van der Waals surface area (Å²) in [5.74, 6) is 3.36. The Morgan fingerprint density at radius 2 is 1.48 bits per heavy atom. The molecule has 4 heterocycles. The van der Waals surface area contributed by atoms with E-state index in [1.807, 2.05) is 43.9 Å². The first-order valence-corrected chi connectivity index (χ1v) is 16.2. The molecule has 2 saturated heterocycles. The van der Waals surface area contributed by atoms with Crippen LogP contribution in [0.3, 0.4) is 0 Å². The van der Waals surface area contributed by atoms with Crippen LogP contribution in [0, 0.1) is 18.8 Å². The fourth-order valence-electron chi connectivity index (χ4n) is 4.69. The topological polar surface area (TPSA) is 86.3 Å². The first-order valence-electron chi connectivity index (χ1n) is 15.6. The van der Waals surface area contributed by atoms with Crippen molar-refractivity contribution in [3.05, 3.63) is 42.6 Å². The summed E-state index contributed by atoms with van der Waals surface area (Å²) in [5.41, 5.74) is 2.13. The number of pyridine rings is 1. The fraction of sp³-hybridized carbons (Fsp3) is 0.688. The Morgan fingerprint density at radius 3 is 2.00 bits per heavy atom. The van der Waals surface area contributed by atoms with Crippen molar-refractivity contribution in [2.24, 2.45) is 11.8 Å². The maximum Gasteiger partial charge on any atom is 1.00 e. The molecule has 2 aliphatic heterocycles. The average Bonchev–Trinajstić information content (AvgIpc) is 3.82. The molecule has 1 saturated carbocycles. The van der Waals surface area contributed by atoms with Crippen molar-refractivity contribution in [3.63, 3.8) is 0 Å². The number of amides is 1. The van der Waals surface area contributed by atoms with Gasteiger partial charge >= 0.3 is 51.4 Å². The Hall–Kier alpha value is -0.754. The number of hydrogen-bond acceptors (Lipinski definition) is 8. The minimum absolute atomic E-state index is 0. The number of likely N-dealkylation sites (tertiary alicyclic amines) is 2. The van der Waals surface area contributed by atoms with E-state index in [9.17, 15) is 4.79 Å². The molecule has 230 valence electrons. The zero-order chi connectivity index (χ0) is 30.0. The Balaban J connectivity index is 0.000000348. The normalized spacial score (nSPS) is 17.3. The van der Waals surface area contributed by atoms with E-state index in [1.54, 1.807) is 18.7 Å². The molecule has 2 aromatic heterocycles. The molecule has 8 nitrogen and oxygen atoms in total. The van der Waals surface area contributed by atoms with Gasteiger partial charge in [0.15, 0.2) is 0 Å². The summed E-state index contributed by atoms with van der Waals surface area (Å²) >= 11 is 5.01. The maximum absolute atomic E-state index is 11.9. The number of nitrogens with zero attached hydrogens (tertiary/aromatic N) is 5. The SMILES string of the molecule is CC.CC(C)C.Cc1cc(NC2CCN(CC[S-])CC2)ncn1.O=C(C1CC1)N1CCC(Nc2ccncc2)CC1.[K+]. The number of carbonyl (C=O) groups excluding carboxylic acids is 1. The number of piperidine rings is 2. The Morgan fingerprint density at radius 1 is 0.929 bits per heavy atom. The van der Waals surface area contributed by atoms with Crippen LogP contribution in [0.2, 0.25) is 0 Å². The van der Waals surface area contributed by atoms with E-state index < -0.39 is 0 Å². The minimum atomic E-state index is 0. The van der Waals surface area contributed by atoms with Crippen LogP contribution >= 0.6 is 0 Å². The molecule has 0 radical (unpaired) electrons. The summed E-state index contributed by atoms with van der Waals surface area (Å²) < 4.78 is 0. The van der Waals surface area contributed by atoms with Crippen molar-refractivity contribution in [2.45, 2.75) is 92.2 Å². The van der Waals surface area contributed by atoms with Gasteiger partial charge in [-0.1, -0.05) is 34.6 Å². The number of anilines is 2. The Bertz CT molecular complexity index is 962. The zero-order valence-corrected chi connectivity index (χ0v) is 31.3. The molecule has 1 aliphatic carbocycles. The molecule has 1 amide bonds. The van der Waals surface area contributed by atoms with Gasteiger partial charge in [0, 0.05) is 74.0 Å². The molecular formula is C32H54KN7OS. The van der Waals surface area contributed by atoms with Gasteiger partial charge in [0.25, 0.3) is 0 Å². The smallest absolute Gasteiger partial charge is 0.791 e. The molecule has 2 aromatic rings. The van der Waals surface area contributed by atoms with E-state index in [0.29, 0.717) is 23.9 Å². The van der Waals surface area contributed by atoms with Crippen LogP contribution in [0.5, 0.6) is 0 Å². The number of carbonyl (C=O) groups is 1. The van der Waals surface area contributed by atoms with Crippen LogP contribution in [-0.2, 0) is 17.4 Å². The summed E-state index contributed by atoms with van der Waals surface area (Å²) in [7, 11) is 0. The molecule has 3 aliphatic rings. The van der Waals surface area contributed by atoms with E-state index in [4.69, 9.17) is 12.6 Å². The number of aromatic nitrogens is 3. The van der Waals surface area contributed by atoms with Crippen LogP contribution in [-0.4, -0.2) is 81.2 Å². The molecule has 0 bridgehead atoms. The fourth-order valence-corrected chi connectivity index (χ4v) is 4.95. The van der Waals surface area contributed by atoms with Gasteiger partial charge in [0.05, 0.1) is 0 Å². The van der Waals surface area contributed by atoms with E-state index in [2.05, 4.69) is 51.3 Å². The molecule has 2 N–H and O–H groups in total. The molecule has 0 aromatic carbocycles. The number of aryl methyl sites for hydroxylation is 1. The van der Waals surface area contributed by atoms with Crippen LogP contribution in [0.15, 0.2) is 36.9 Å².